The van der Waals surface area contributed by atoms with Crippen molar-refractivity contribution in [3.05, 3.63) is 59.7 Å². The first-order valence-electron chi connectivity index (χ1n) is 8.07. The fourth-order valence-corrected chi connectivity index (χ4v) is 3.41. The lowest BCUT2D eigenvalue weighted by Crippen LogP contribution is -2.58. The van der Waals surface area contributed by atoms with Crippen LogP contribution in [-0.4, -0.2) is 29.8 Å². The zero-order valence-electron chi connectivity index (χ0n) is 14.1. The van der Waals surface area contributed by atoms with Gasteiger partial charge in [0.2, 0.25) is 0 Å². The van der Waals surface area contributed by atoms with Crippen molar-refractivity contribution in [2.75, 3.05) is 6.61 Å². The van der Waals surface area contributed by atoms with Crippen LogP contribution in [-0.2, 0) is 19.7 Å². The SMILES string of the molecule is CCOC(=O)C1C(=O)Oc2ccccc2C1(c1ccc(O)cc1)C(F)(F)F. The number of alkyl halides is 3. The Hall–Kier alpha value is -3.03. The molecule has 3 rings (SSSR count). The number of aromatic hydroxyl groups is 1. The highest BCUT2D eigenvalue weighted by Gasteiger charge is 2.69. The molecule has 0 saturated heterocycles. The summed E-state index contributed by atoms with van der Waals surface area (Å²) in [6, 6.07) is 9.37. The van der Waals surface area contributed by atoms with Gasteiger partial charge in [0.1, 0.15) is 16.9 Å². The number of phenolic OH excluding ortho intramolecular Hbond substituents is 1. The minimum atomic E-state index is -5.04. The molecule has 0 saturated carbocycles. The highest BCUT2D eigenvalue weighted by Crippen LogP contribution is 2.56. The summed E-state index contributed by atoms with van der Waals surface area (Å²) in [5.74, 6) is -5.50. The third-order valence-corrected chi connectivity index (χ3v) is 4.48. The third kappa shape index (κ3) is 2.81. The van der Waals surface area contributed by atoms with Gasteiger partial charge in [0, 0.05) is 5.56 Å². The fraction of sp³-hybridized carbons (Fsp3) is 0.263. The van der Waals surface area contributed by atoms with Crippen LogP contribution in [0.3, 0.4) is 0 Å². The van der Waals surface area contributed by atoms with E-state index in [-0.39, 0.29) is 29.2 Å². The van der Waals surface area contributed by atoms with E-state index in [1.807, 2.05) is 0 Å². The van der Waals surface area contributed by atoms with Crippen LogP contribution in [0.2, 0.25) is 0 Å². The van der Waals surface area contributed by atoms with Gasteiger partial charge in [-0.25, -0.2) is 0 Å². The molecule has 0 bridgehead atoms. The molecule has 5 nitrogen and oxygen atoms in total. The van der Waals surface area contributed by atoms with E-state index in [0.29, 0.717) is 0 Å². The van der Waals surface area contributed by atoms with Crippen LogP contribution in [0.15, 0.2) is 48.5 Å². The molecule has 0 aliphatic carbocycles. The van der Waals surface area contributed by atoms with Crippen molar-refractivity contribution in [3.63, 3.8) is 0 Å². The zero-order valence-corrected chi connectivity index (χ0v) is 14.1. The predicted molar refractivity (Wildman–Crippen MR) is 87.1 cm³/mol. The molecule has 0 aromatic heterocycles. The number of hydrogen-bond donors (Lipinski definition) is 1. The number of phenols is 1. The topological polar surface area (TPSA) is 72.8 Å². The Balaban J connectivity index is 2.41. The second-order valence-corrected chi connectivity index (χ2v) is 5.95. The molecule has 27 heavy (non-hydrogen) atoms. The first-order valence-corrected chi connectivity index (χ1v) is 8.07. The zero-order chi connectivity index (χ0) is 19.8. The molecule has 0 fully saturated rings. The summed E-state index contributed by atoms with van der Waals surface area (Å²) in [4.78, 5) is 25.0. The van der Waals surface area contributed by atoms with Crippen LogP contribution in [0.5, 0.6) is 11.5 Å². The van der Waals surface area contributed by atoms with E-state index in [0.717, 1.165) is 30.3 Å². The number of esters is 2. The minimum absolute atomic E-state index is 0.201. The molecule has 2 unspecified atom stereocenters. The fourth-order valence-electron chi connectivity index (χ4n) is 3.41. The molecule has 1 aliphatic rings. The van der Waals surface area contributed by atoms with Crippen LogP contribution < -0.4 is 4.74 Å². The van der Waals surface area contributed by atoms with Gasteiger partial charge >= 0.3 is 18.1 Å². The average molecular weight is 380 g/mol. The third-order valence-electron chi connectivity index (χ3n) is 4.48. The molecular weight excluding hydrogens is 365 g/mol. The first-order chi connectivity index (χ1) is 12.7. The van der Waals surface area contributed by atoms with Crippen molar-refractivity contribution < 1.29 is 37.3 Å². The standard InChI is InChI=1S/C19H15F3O5/c1-2-26-16(24)15-17(25)27-14-6-4-3-5-13(14)18(15,19(20,21)22)11-7-9-12(23)10-8-11/h3-10,15,23H,2H2,1H3. The maximum Gasteiger partial charge on any atom is 0.403 e. The summed E-state index contributed by atoms with van der Waals surface area (Å²) in [6.07, 6.45) is -5.04. The maximum absolute atomic E-state index is 14.6. The smallest absolute Gasteiger partial charge is 0.403 e. The molecule has 0 amide bonds. The Bertz CT molecular complexity index is 876. The lowest BCUT2D eigenvalue weighted by Gasteiger charge is -2.43. The maximum atomic E-state index is 14.6. The summed E-state index contributed by atoms with van der Waals surface area (Å²) >= 11 is 0. The van der Waals surface area contributed by atoms with Crippen molar-refractivity contribution in [2.45, 2.75) is 18.5 Å². The van der Waals surface area contributed by atoms with E-state index in [2.05, 4.69) is 0 Å². The van der Waals surface area contributed by atoms with Gasteiger partial charge in [-0.3, -0.25) is 9.59 Å². The molecule has 1 heterocycles. The number of benzene rings is 2. The Morgan fingerprint density at radius 1 is 1.19 bits per heavy atom. The lowest BCUT2D eigenvalue weighted by atomic mass is 9.63. The summed E-state index contributed by atoms with van der Waals surface area (Å²) in [6.45, 7) is 1.23. The van der Waals surface area contributed by atoms with Crippen molar-refractivity contribution in [2.24, 2.45) is 5.92 Å². The number of carbonyl (C=O) groups excluding carboxylic acids is 2. The van der Waals surface area contributed by atoms with Crippen LogP contribution in [0.1, 0.15) is 18.1 Å². The Labute approximate surface area is 152 Å². The van der Waals surface area contributed by atoms with Gasteiger partial charge in [0.25, 0.3) is 0 Å². The van der Waals surface area contributed by atoms with Gasteiger partial charge in [-0.1, -0.05) is 30.3 Å². The monoisotopic (exact) mass is 380 g/mol. The molecule has 2 aromatic carbocycles. The first kappa shape index (κ1) is 18.8. The van der Waals surface area contributed by atoms with E-state index in [9.17, 15) is 27.9 Å². The number of fused-ring (bicyclic) bond motifs is 1. The summed E-state index contributed by atoms with van der Waals surface area (Å²) in [5.41, 5.74) is -3.77. The Morgan fingerprint density at radius 2 is 1.81 bits per heavy atom. The number of rotatable bonds is 3. The summed E-state index contributed by atoms with van der Waals surface area (Å²) in [5, 5.41) is 9.48. The highest BCUT2D eigenvalue weighted by molar-refractivity contribution is 6.00. The van der Waals surface area contributed by atoms with Gasteiger partial charge < -0.3 is 14.6 Å². The molecule has 142 valence electrons. The van der Waals surface area contributed by atoms with E-state index >= 15 is 0 Å². The van der Waals surface area contributed by atoms with E-state index < -0.39 is 29.4 Å². The number of para-hydroxylation sites is 1. The van der Waals surface area contributed by atoms with E-state index in [1.54, 1.807) is 0 Å². The highest BCUT2D eigenvalue weighted by atomic mass is 19.4. The van der Waals surface area contributed by atoms with Crippen LogP contribution in [0, 0.1) is 5.92 Å². The largest absolute Gasteiger partial charge is 0.508 e. The molecule has 0 radical (unpaired) electrons. The summed E-state index contributed by atoms with van der Waals surface area (Å²) < 4.78 is 53.6. The van der Waals surface area contributed by atoms with Crippen molar-refractivity contribution >= 4 is 11.9 Å². The Kier molecular flexibility index (Phi) is 4.59. The Morgan fingerprint density at radius 3 is 2.41 bits per heavy atom. The van der Waals surface area contributed by atoms with Crippen molar-refractivity contribution in [1.82, 2.24) is 0 Å². The summed E-state index contributed by atoms with van der Waals surface area (Å²) in [7, 11) is 0. The minimum Gasteiger partial charge on any atom is -0.508 e. The molecule has 1 aliphatic heterocycles. The molecule has 2 atom stereocenters. The van der Waals surface area contributed by atoms with Gasteiger partial charge in [-0.05, 0) is 30.7 Å². The molecule has 0 spiro atoms. The number of hydrogen-bond acceptors (Lipinski definition) is 5. The number of halogens is 3. The number of ether oxygens (including phenoxy) is 2. The van der Waals surface area contributed by atoms with Crippen LogP contribution in [0.25, 0.3) is 0 Å². The van der Waals surface area contributed by atoms with E-state index in [4.69, 9.17) is 9.47 Å². The van der Waals surface area contributed by atoms with Crippen LogP contribution in [0.4, 0.5) is 13.2 Å². The second kappa shape index (κ2) is 6.61. The van der Waals surface area contributed by atoms with E-state index in [1.165, 1.54) is 25.1 Å². The van der Waals surface area contributed by atoms with Crippen molar-refractivity contribution in [1.29, 1.82) is 0 Å². The normalized spacial score (nSPS) is 21.9. The van der Waals surface area contributed by atoms with Crippen molar-refractivity contribution in [3.8, 4) is 11.5 Å². The molecule has 8 heteroatoms. The molecular formula is C19H15F3O5. The van der Waals surface area contributed by atoms with Crippen LogP contribution >= 0.6 is 0 Å². The quantitative estimate of drug-likeness (QED) is 0.502. The van der Waals surface area contributed by atoms with Gasteiger partial charge in [0.05, 0.1) is 6.61 Å². The number of carbonyl (C=O) groups is 2. The molecule has 1 N–H and O–H groups in total. The van der Waals surface area contributed by atoms with Gasteiger partial charge in [0.15, 0.2) is 5.92 Å². The molecule has 2 aromatic rings. The predicted octanol–water partition coefficient (Wildman–Crippen LogP) is 3.34. The second-order valence-electron chi connectivity index (χ2n) is 5.95. The van der Waals surface area contributed by atoms with Gasteiger partial charge in [-0.2, -0.15) is 13.2 Å². The van der Waals surface area contributed by atoms with Gasteiger partial charge in [-0.15, -0.1) is 0 Å². The average Bonchev–Trinajstić information content (AvgIpc) is 2.60. The lowest BCUT2D eigenvalue weighted by molar-refractivity contribution is -0.210.